The number of nitrogens with two attached hydrogens (primary N) is 1. The van der Waals surface area contributed by atoms with E-state index in [1.807, 2.05) is 12.2 Å². The van der Waals surface area contributed by atoms with E-state index in [1.54, 1.807) is 12.1 Å². The zero-order valence-electron chi connectivity index (χ0n) is 21.0. The summed E-state index contributed by atoms with van der Waals surface area (Å²) in [6.45, 7) is 0. The molecule has 0 unspecified atom stereocenters. The fourth-order valence-corrected chi connectivity index (χ4v) is 6.16. The highest BCUT2D eigenvalue weighted by atomic mass is 32.2. The van der Waals surface area contributed by atoms with Gasteiger partial charge in [0.2, 0.25) is 10.0 Å². The lowest BCUT2D eigenvalue weighted by Crippen LogP contribution is -2.24. The lowest BCUT2D eigenvalue weighted by molar-refractivity contribution is 0.0697. The molecule has 3 rings (SSSR count). The molecule has 6 nitrogen and oxygen atoms in total. The monoisotopic (exact) mass is 570 g/mol. The number of carboxylic acid groups (broad SMARTS) is 1. The average molecular weight is 571 g/mol. The van der Waals surface area contributed by atoms with Gasteiger partial charge in [-0.3, -0.25) is 0 Å². The lowest BCUT2D eigenvalue weighted by Gasteiger charge is -2.21. The van der Waals surface area contributed by atoms with Crippen molar-refractivity contribution in [2.24, 2.45) is 5.14 Å². The number of primary sulfonamides is 1. The smallest absolute Gasteiger partial charge is 0.335 e. The van der Waals surface area contributed by atoms with Crippen molar-refractivity contribution in [1.82, 2.24) is 0 Å². The van der Waals surface area contributed by atoms with E-state index < -0.39 is 55.0 Å². The van der Waals surface area contributed by atoms with E-state index in [-0.39, 0.29) is 11.3 Å². The minimum atomic E-state index is -4.79. The highest BCUT2D eigenvalue weighted by Gasteiger charge is 2.32. The highest BCUT2D eigenvalue weighted by molar-refractivity contribution is 7.99. The van der Waals surface area contributed by atoms with Crippen LogP contribution in [0, 0.1) is 17.5 Å². The Kier molecular flexibility index (Phi) is 11.1. The van der Waals surface area contributed by atoms with Crippen molar-refractivity contribution in [2.75, 3.05) is 11.1 Å². The highest BCUT2D eigenvalue weighted by Crippen LogP contribution is 2.38. The van der Waals surface area contributed by atoms with Gasteiger partial charge >= 0.3 is 5.97 Å². The van der Waals surface area contributed by atoms with Crippen LogP contribution >= 0.6 is 11.8 Å². The molecule has 1 atom stereocenters. The molecule has 1 aliphatic rings. The van der Waals surface area contributed by atoms with Gasteiger partial charge in [-0.2, -0.15) is 0 Å². The maximum absolute atomic E-state index is 15.7. The standard InChI is InChI=1S/C27H33F3N2O4S2/c28-21-22(29)26(38(31,35)36)24(32-20-10-8-6-4-2-1-3-5-7-9-11-20)23(30)25(21)37-17-16-18-12-14-19(15-13-18)27(33)34/h8,10,12-15,20,32H,1-7,9,11,16-17H2,(H,33,34)(H2,31,35,36)/b10-8+/t20-/m0/s1. The largest absolute Gasteiger partial charge is 0.478 e. The number of thioether (sulfide) groups is 1. The second kappa shape index (κ2) is 14.0. The molecule has 0 bridgehead atoms. The molecule has 2 aromatic rings. The van der Waals surface area contributed by atoms with Gasteiger partial charge in [-0.05, 0) is 43.4 Å². The van der Waals surface area contributed by atoms with Crippen LogP contribution in [0.15, 0.2) is 46.2 Å². The zero-order chi connectivity index (χ0) is 27.7. The van der Waals surface area contributed by atoms with Gasteiger partial charge in [0.1, 0.15) is 4.90 Å². The van der Waals surface area contributed by atoms with Gasteiger partial charge < -0.3 is 10.4 Å². The van der Waals surface area contributed by atoms with Gasteiger partial charge in [-0.25, -0.2) is 31.5 Å². The molecule has 11 heteroatoms. The molecule has 0 spiro atoms. The molecule has 38 heavy (non-hydrogen) atoms. The molecule has 0 fully saturated rings. The fraction of sp³-hybridized carbons (Fsp3) is 0.444. The number of halogens is 3. The molecular weight excluding hydrogens is 537 g/mol. The van der Waals surface area contributed by atoms with Gasteiger partial charge in [0.25, 0.3) is 0 Å². The SMILES string of the molecule is NS(=O)(=O)c1c(F)c(F)c(SCCc2ccc(C(=O)O)cc2)c(F)c1N[C@H]1/C=C/CCCCCCCCC1. The number of allylic oxidation sites excluding steroid dienone is 1. The van der Waals surface area contributed by atoms with Crippen LogP contribution in [0.25, 0.3) is 0 Å². The topological polar surface area (TPSA) is 109 Å². The van der Waals surface area contributed by atoms with E-state index in [0.717, 1.165) is 50.5 Å². The average Bonchev–Trinajstić information content (AvgIpc) is 2.85. The van der Waals surface area contributed by atoms with E-state index in [1.165, 1.54) is 18.6 Å². The number of aromatic carboxylic acids is 1. The number of benzene rings is 2. The Morgan fingerprint density at radius 3 is 2.24 bits per heavy atom. The number of carboxylic acids is 1. The number of carbonyl (C=O) groups is 1. The van der Waals surface area contributed by atoms with Gasteiger partial charge in [0.15, 0.2) is 17.5 Å². The van der Waals surface area contributed by atoms with Crippen LogP contribution in [0.4, 0.5) is 18.9 Å². The predicted molar refractivity (Wildman–Crippen MR) is 144 cm³/mol. The van der Waals surface area contributed by atoms with Crippen LogP contribution in [0.3, 0.4) is 0 Å². The molecule has 0 saturated carbocycles. The Bertz CT molecular complexity index is 1250. The maximum Gasteiger partial charge on any atom is 0.335 e. The van der Waals surface area contributed by atoms with Crippen LogP contribution in [0.5, 0.6) is 0 Å². The number of aryl methyl sites for hydroxylation is 1. The normalized spacial score (nSPS) is 18.3. The van der Waals surface area contributed by atoms with Crippen molar-refractivity contribution >= 4 is 33.4 Å². The van der Waals surface area contributed by atoms with E-state index in [0.29, 0.717) is 24.6 Å². The number of nitrogens with one attached hydrogen (secondary N) is 1. The Balaban J connectivity index is 1.88. The number of hydrogen-bond acceptors (Lipinski definition) is 5. The Morgan fingerprint density at radius 2 is 1.61 bits per heavy atom. The molecule has 208 valence electrons. The third-order valence-corrected chi connectivity index (χ3v) is 8.45. The van der Waals surface area contributed by atoms with E-state index in [2.05, 4.69) is 5.32 Å². The first-order valence-corrected chi connectivity index (χ1v) is 15.2. The summed E-state index contributed by atoms with van der Waals surface area (Å²) < 4.78 is 70.1. The fourth-order valence-electron chi connectivity index (χ4n) is 4.40. The van der Waals surface area contributed by atoms with Crippen LogP contribution in [-0.4, -0.2) is 31.3 Å². The molecule has 0 aromatic heterocycles. The molecule has 0 saturated heterocycles. The van der Waals surface area contributed by atoms with E-state index in [9.17, 15) is 17.6 Å². The van der Waals surface area contributed by atoms with E-state index >= 15 is 8.78 Å². The summed E-state index contributed by atoms with van der Waals surface area (Å²) in [5.74, 6) is -5.48. The third-order valence-electron chi connectivity index (χ3n) is 6.44. The maximum atomic E-state index is 15.7. The number of hydrogen-bond donors (Lipinski definition) is 3. The van der Waals surface area contributed by atoms with Crippen LogP contribution in [-0.2, 0) is 16.4 Å². The quantitative estimate of drug-likeness (QED) is 0.186. The third kappa shape index (κ3) is 8.25. The summed E-state index contributed by atoms with van der Waals surface area (Å²) in [5, 5.41) is 17.0. The van der Waals surface area contributed by atoms with Gasteiger partial charge in [0.05, 0.1) is 16.1 Å². The Morgan fingerprint density at radius 1 is 0.974 bits per heavy atom. The van der Waals surface area contributed by atoms with Crippen molar-refractivity contribution in [3.8, 4) is 0 Å². The molecule has 0 amide bonds. The van der Waals surface area contributed by atoms with Crippen LogP contribution in [0.2, 0.25) is 0 Å². The Hall–Kier alpha value is -2.50. The molecular formula is C27H33F3N2O4S2. The Labute approximate surface area is 225 Å². The minimum Gasteiger partial charge on any atom is -0.478 e. The second-order valence-corrected chi connectivity index (χ2v) is 12.0. The molecule has 0 radical (unpaired) electrons. The van der Waals surface area contributed by atoms with Gasteiger partial charge in [-0.1, -0.05) is 62.8 Å². The van der Waals surface area contributed by atoms with Crippen molar-refractivity contribution in [3.05, 3.63) is 65.0 Å². The zero-order valence-corrected chi connectivity index (χ0v) is 22.7. The minimum absolute atomic E-state index is 0.107. The van der Waals surface area contributed by atoms with Crippen molar-refractivity contribution in [3.63, 3.8) is 0 Å². The molecule has 0 aliphatic heterocycles. The second-order valence-electron chi connectivity index (χ2n) is 9.35. The summed E-state index contributed by atoms with van der Waals surface area (Å²) in [4.78, 5) is 9.14. The van der Waals surface area contributed by atoms with Crippen molar-refractivity contribution in [1.29, 1.82) is 0 Å². The molecule has 4 N–H and O–H groups in total. The summed E-state index contributed by atoms with van der Waals surface area (Å²) in [7, 11) is -4.79. The lowest BCUT2D eigenvalue weighted by atomic mass is 10.0. The summed E-state index contributed by atoms with van der Waals surface area (Å²) in [6, 6.07) is 5.53. The summed E-state index contributed by atoms with van der Waals surface area (Å²) in [6.07, 6.45) is 12.7. The van der Waals surface area contributed by atoms with Gasteiger partial charge in [0, 0.05) is 11.8 Å². The number of rotatable bonds is 8. The van der Waals surface area contributed by atoms with Gasteiger partial charge in [-0.15, -0.1) is 11.8 Å². The first kappa shape index (κ1) is 30.0. The van der Waals surface area contributed by atoms with Crippen molar-refractivity contribution in [2.45, 2.75) is 80.0 Å². The van der Waals surface area contributed by atoms with E-state index in [4.69, 9.17) is 10.2 Å². The number of anilines is 1. The molecule has 2 aromatic carbocycles. The summed E-state index contributed by atoms with van der Waals surface area (Å²) >= 11 is 0.707. The first-order valence-electron chi connectivity index (χ1n) is 12.7. The summed E-state index contributed by atoms with van der Waals surface area (Å²) in [5.41, 5.74) is 0.165. The van der Waals surface area contributed by atoms with Crippen molar-refractivity contribution < 1.29 is 31.5 Å². The first-order chi connectivity index (χ1) is 18.1. The van der Waals surface area contributed by atoms with Crippen LogP contribution < -0.4 is 10.5 Å². The predicted octanol–water partition coefficient (Wildman–Crippen LogP) is 6.65. The number of sulfonamides is 1. The van der Waals surface area contributed by atoms with Crippen LogP contribution in [0.1, 0.15) is 73.7 Å². The molecule has 1 aliphatic carbocycles. The molecule has 0 heterocycles.